The third kappa shape index (κ3) is 4.00. The molecule has 0 atom stereocenters. The Morgan fingerprint density at radius 3 is 2.21 bits per heavy atom. The highest BCUT2D eigenvalue weighted by Crippen LogP contribution is 2.31. The van der Waals surface area contributed by atoms with Crippen LogP contribution in [0.25, 0.3) is 33.5 Å². The second-order valence-electron chi connectivity index (χ2n) is 7.46. The van der Waals surface area contributed by atoms with Gasteiger partial charge in [0, 0.05) is 5.56 Å². The molecule has 3 aromatic carbocycles. The highest BCUT2D eigenvalue weighted by molar-refractivity contribution is 7.92. The molecular formula is C25H17N3O5S. The fourth-order valence-corrected chi connectivity index (χ4v) is 4.63. The van der Waals surface area contributed by atoms with E-state index in [1.165, 1.54) is 18.2 Å². The second kappa shape index (κ2) is 8.45. The van der Waals surface area contributed by atoms with Gasteiger partial charge in [0.15, 0.2) is 0 Å². The molecule has 2 aromatic heterocycles. The molecule has 0 radical (unpaired) electrons. The molecule has 0 bridgehead atoms. The first-order chi connectivity index (χ1) is 16.4. The lowest BCUT2D eigenvalue weighted by molar-refractivity contribution is 0.0698. The summed E-state index contributed by atoms with van der Waals surface area (Å²) in [4.78, 5) is 15.7. The van der Waals surface area contributed by atoms with Crippen LogP contribution in [0.1, 0.15) is 10.4 Å². The molecule has 9 heteroatoms. The Balaban J connectivity index is 1.57. The fourth-order valence-electron chi connectivity index (χ4n) is 3.59. The van der Waals surface area contributed by atoms with Gasteiger partial charge >= 0.3 is 5.97 Å². The van der Waals surface area contributed by atoms with Gasteiger partial charge in [-0.25, -0.2) is 18.2 Å². The summed E-state index contributed by atoms with van der Waals surface area (Å²) >= 11 is 0. The van der Waals surface area contributed by atoms with Crippen molar-refractivity contribution in [3.63, 3.8) is 0 Å². The van der Waals surface area contributed by atoms with Crippen molar-refractivity contribution in [2.75, 3.05) is 4.72 Å². The van der Waals surface area contributed by atoms with E-state index in [1.54, 1.807) is 6.07 Å². The number of rotatable bonds is 6. The maximum Gasteiger partial charge on any atom is 0.337 e. The number of aromatic carboxylic acids is 1. The van der Waals surface area contributed by atoms with Gasteiger partial charge in [0.1, 0.15) is 10.6 Å². The van der Waals surface area contributed by atoms with Crippen LogP contribution in [0.15, 0.2) is 101 Å². The topological polar surface area (TPSA) is 122 Å². The lowest BCUT2D eigenvalue weighted by atomic mass is 10.0. The largest absolute Gasteiger partial charge is 0.478 e. The van der Waals surface area contributed by atoms with E-state index in [1.807, 2.05) is 60.7 Å². The van der Waals surface area contributed by atoms with Gasteiger partial charge in [-0.3, -0.25) is 4.72 Å². The first-order valence-electron chi connectivity index (χ1n) is 10.2. The minimum atomic E-state index is -4.18. The maximum atomic E-state index is 13.2. The van der Waals surface area contributed by atoms with E-state index in [0.29, 0.717) is 16.6 Å². The predicted octanol–water partition coefficient (Wildman–Crippen LogP) is 5.06. The summed E-state index contributed by atoms with van der Waals surface area (Å²) in [6.07, 6.45) is 1.14. The Bertz CT molecular complexity index is 1620. The molecule has 2 N–H and O–H groups in total. The van der Waals surface area contributed by atoms with E-state index in [2.05, 4.69) is 14.9 Å². The fraction of sp³-hybridized carbons (Fsp3) is 0. The number of carboxylic acid groups (broad SMARTS) is 1. The average molecular weight is 471 g/mol. The summed E-state index contributed by atoms with van der Waals surface area (Å²) in [5.74, 6) is -1.25. The number of aromatic nitrogens is 2. The Morgan fingerprint density at radius 1 is 0.853 bits per heavy atom. The van der Waals surface area contributed by atoms with Crippen LogP contribution >= 0.6 is 0 Å². The van der Waals surface area contributed by atoms with Gasteiger partial charge in [-0.05, 0) is 29.3 Å². The maximum absolute atomic E-state index is 13.2. The second-order valence-corrected chi connectivity index (χ2v) is 9.14. The van der Waals surface area contributed by atoms with E-state index in [9.17, 15) is 18.3 Å². The molecule has 5 aromatic rings. The minimum absolute atomic E-state index is 0.0532. The van der Waals surface area contributed by atoms with Gasteiger partial charge in [0.25, 0.3) is 15.7 Å². The molecule has 0 aliphatic carbocycles. The Kier molecular flexibility index (Phi) is 5.31. The van der Waals surface area contributed by atoms with Crippen molar-refractivity contribution in [1.29, 1.82) is 0 Å². The summed E-state index contributed by atoms with van der Waals surface area (Å²) in [6.45, 7) is 0. The number of nitrogens with zero attached hydrogens (tertiary/aromatic N) is 2. The summed E-state index contributed by atoms with van der Waals surface area (Å²) in [5.41, 5.74) is 2.65. The normalized spacial score (nSPS) is 11.4. The number of fused-ring (bicyclic) bond motifs is 1. The van der Waals surface area contributed by atoms with Crippen LogP contribution in [0, 0.1) is 0 Å². The molecule has 168 valence electrons. The molecule has 0 amide bonds. The van der Waals surface area contributed by atoms with Crippen molar-refractivity contribution in [3.05, 3.63) is 96.7 Å². The number of anilines is 1. The average Bonchev–Trinajstić information content (AvgIpc) is 3.28. The van der Waals surface area contributed by atoms with E-state index in [0.717, 1.165) is 17.3 Å². The van der Waals surface area contributed by atoms with Crippen molar-refractivity contribution in [2.45, 2.75) is 4.90 Å². The van der Waals surface area contributed by atoms with E-state index >= 15 is 0 Å². The lowest BCUT2D eigenvalue weighted by Crippen LogP contribution is -2.16. The van der Waals surface area contributed by atoms with Gasteiger partial charge < -0.3 is 9.63 Å². The molecule has 0 unspecified atom stereocenters. The predicted molar refractivity (Wildman–Crippen MR) is 127 cm³/mol. The first-order valence-corrected chi connectivity index (χ1v) is 11.7. The zero-order chi connectivity index (χ0) is 23.7. The van der Waals surface area contributed by atoms with Gasteiger partial charge in [-0.15, -0.1) is 0 Å². The molecule has 2 heterocycles. The SMILES string of the molecule is O=C(O)c1ccc(-c2ccccc2)cc1NS(=O)(=O)c1cnc2onc(-c3ccccc3)c2c1. The number of carbonyl (C=O) groups is 1. The van der Waals surface area contributed by atoms with E-state index < -0.39 is 16.0 Å². The molecule has 0 saturated heterocycles. The number of hydrogen-bond donors (Lipinski definition) is 2. The Labute approximate surface area is 194 Å². The van der Waals surface area contributed by atoms with Gasteiger partial charge in [0.2, 0.25) is 0 Å². The molecule has 0 spiro atoms. The van der Waals surface area contributed by atoms with Crippen LogP contribution in [0.3, 0.4) is 0 Å². The molecule has 8 nitrogen and oxygen atoms in total. The third-order valence-electron chi connectivity index (χ3n) is 5.26. The monoisotopic (exact) mass is 471 g/mol. The van der Waals surface area contributed by atoms with Gasteiger partial charge in [-0.1, -0.05) is 71.9 Å². The molecule has 0 fully saturated rings. The van der Waals surface area contributed by atoms with E-state index in [-0.39, 0.29) is 21.9 Å². The summed E-state index contributed by atoms with van der Waals surface area (Å²) < 4.78 is 34.1. The number of benzene rings is 3. The van der Waals surface area contributed by atoms with Crippen LogP contribution < -0.4 is 4.72 Å². The Morgan fingerprint density at radius 2 is 1.53 bits per heavy atom. The lowest BCUT2D eigenvalue weighted by Gasteiger charge is -2.12. The minimum Gasteiger partial charge on any atom is -0.478 e. The molecule has 5 rings (SSSR count). The molecule has 34 heavy (non-hydrogen) atoms. The molecule has 0 saturated carbocycles. The third-order valence-corrected chi connectivity index (χ3v) is 6.60. The van der Waals surface area contributed by atoms with E-state index in [4.69, 9.17) is 4.52 Å². The number of nitrogens with one attached hydrogen (secondary N) is 1. The highest BCUT2D eigenvalue weighted by atomic mass is 32.2. The van der Waals surface area contributed by atoms with Gasteiger partial charge in [0.05, 0.1) is 22.8 Å². The number of carboxylic acids is 1. The molecule has 0 aliphatic rings. The van der Waals surface area contributed by atoms with Crippen LogP contribution in [0.4, 0.5) is 5.69 Å². The van der Waals surface area contributed by atoms with Crippen LogP contribution in [-0.4, -0.2) is 29.6 Å². The standard InChI is InChI=1S/C25H17N3O5S/c29-25(30)20-12-11-18(16-7-3-1-4-8-16)13-22(20)28-34(31,32)19-14-21-23(17-9-5-2-6-10-17)27-33-24(21)26-15-19/h1-15,28H,(H,29,30). The zero-order valence-corrected chi connectivity index (χ0v) is 18.4. The van der Waals surface area contributed by atoms with Crippen LogP contribution in [-0.2, 0) is 10.0 Å². The first kappa shape index (κ1) is 21.4. The van der Waals surface area contributed by atoms with Crippen LogP contribution in [0.5, 0.6) is 0 Å². The Hall–Kier alpha value is -4.50. The zero-order valence-electron chi connectivity index (χ0n) is 17.5. The highest BCUT2D eigenvalue weighted by Gasteiger charge is 2.22. The van der Waals surface area contributed by atoms with Crippen molar-refractivity contribution in [2.24, 2.45) is 0 Å². The quantitative estimate of drug-likeness (QED) is 0.355. The smallest absolute Gasteiger partial charge is 0.337 e. The summed E-state index contributed by atoms with van der Waals surface area (Å²) in [5, 5.41) is 14.0. The summed E-state index contributed by atoms with van der Waals surface area (Å²) in [7, 11) is -4.18. The van der Waals surface area contributed by atoms with Crippen molar-refractivity contribution in [1.82, 2.24) is 10.1 Å². The van der Waals surface area contributed by atoms with Gasteiger partial charge in [-0.2, -0.15) is 0 Å². The number of pyridine rings is 1. The van der Waals surface area contributed by atoms with Crippen molar-refractivity contribution >= 4 is 32.8 Å². The number of sulfonamides is 1. The molecule has 0 aliphatic heterocycles. The molecular weight excluding hydrogens is 454 g/mol. The summed E-state index contributed by atoms with van der Waals surface area (Å²) in [6, 6.07) is 24.3. The van der Waals surface area contributed by atoms with Crippen molar-refractivity contribution in [3.8, 4) is 22.4 Å². The number of hydrogen-bond acceptors (Lipinski definition) is 6. The van der Waals surface area contributed by atoms with Crippen molar-refractivity contribution < 1.29 is 22.8 Å². The van der Waals surface area contributed by atoms with Crippen LogP contribution in [0.2, 0.25) is 0 Å².